The van der Waals surface area contributed by atoms with Crippen LogP contribution in [0.5, 0.6) is 0 Å². The smallest absolute Gasteiger partial charge is 0.384 e. The molecular weight excluding hydrogens is 157 g/mol. The van der Waals surface area contributed by atoms with Crippen LogP contribution in [0.4, 0.5) is 13.2 Å². The molecule has 0 spiro atoms. The molecule has 0 radical (unpaired) electrons. The third-order valence-electron chi connectivity index (χ3n) is 1.92. The zero-order chi connectivity index (χ0) is 8.48. The van der Waals surface area contributed by atoms with E-state index < -0.39 is 12.3 Å². The first-order valence-electron chi connectivity index (χ1n) is 3.75. The number of hydrogen-bond donors (Lipinski definition) is 1. The first kappa shape index (κ1) is 8.84. The highest BCUT2D eigenvalue weighted by atomic mass is 19.4. The quantitative estimate of drug-likeness (QED) is 0.684. The van der Waals surface area contributed by atoms with Crippen LogP contribution in [0.15, 0.2) is 0 Å². The lowest BCUT2D eigenvalue weighted by Gasteiger charge is -2.13. The fourth-order valence-electron chi connectivity index (χ4n) is 0.964. The van der Waals surface area contributed by atoms with E-state index in [1.165, 1.54) is 0 Å². The van der Waals surface area contributed by atoms with Crippen molar-refractivity contribution in [3.05, 3.63) is 0 Å². The fraction of sp³-hybridized carbons (Fsp3) is 1.00. The van der Waals surface area contributed by atoms with Gasteiger partial charge >= 0.3 is 6.18 Å². The van der Waals surface area contributed by atoms with Crippen LogP contribution >= 0.6 is 0 Å². The minimum atomic E-state index is -4.42. The molecule has 0 aliphatic heterocycles. The molecule has 1 aliphatic rings. The van der Waals surface area contributed by atoms with Crippen molar-refractivity contribution in [2.24, 2.45) is 5.92 Å². The summed E-state index contributed by atoms with van der Waals surface area (Å²) in [5, 5.41) is 8.54. The van der Waals surface area contributed by atoms with Crippen LogP contribution in [0.25, 0.3) is 0 Å². The Balaban J connectivity index is 2.13. The van der Waals surface area contributed by atoms with Crippen LogP contribution < -0.4 is 0 Å². The zero-order valence-corrected chi connectivity index (χ0v) is 6.06. The Kier molecular flexibility index (Phi) is 2.42. The van der Waals surface area contributed by atoms with Crippen molar-refractivity contribution < 1.29 is 18.3 Å². The Morgan fingerprint density at radius 2 is 1.91 bits per heavy atom. The molecule has 0 amide bonds. The molecule has 1 fully saturated rings. The van der Waals surface area contributed by atoms with Crippen LogP contribution in [-0.4, -0.2) is 17.4 Å². The van der Waals surface area contributed by atoms with E-state index in [2.05, 4.69) is 0 Å². The topological polar surface area (TPSA) is 20.2 Å². The normalized spacial score (nSPS) is 21.8. The average Bonchev–Trinajstić information content (AvgIpc) is 2.62. The van der Waals surface area contributed by atoms with E-state index in [1.54, 1.807) is 0 Å². The van der Waals surface area contributed by atoms with Crippen LogP contribution in [0.1, 0.15) is 25.7 Å². The van der Waals surface area contributed by atoms with Crippen LogP contribution in [0.3, 0.4) is 0 Å². The molecule has 1 saturated carbocycles. The molecule has 11 heavy (non-hydrogen) atoms. The predicted octanol–water partition coefficient (Wildman–Crippen LogP) is 2.10. The number of rotatable bonds is 3. The van der Waals surface area contributed by atoms with Gasteiger partial charge in [0.2, 0.25) is 0 Å². The van der Waals surface area contributed by atoms with Crippen molar-refractivity contribution in [3.8, 4) is 0 Å². The summed E-state index contributed by atoms with van der Waals surface area (Å²) >= 11 is 0. The van der Waals surface area contributed by atoms with Gasteiger partial charge in [-0.05, 0) is 18.8 Å². The van der Waals surface area contributed by atoms with E-state index in [9.17, 15) is 13.2 Å². The van der Waals surface area contributed by atoms with Crippen LogP contribution in [0, 0.1) is 5.92 Å². The number of aliphatic hydroxyl groups excluding tert-OH is 1. The maximum absolute atomic E-state index is 11.7. The van der Waals surface area contributed by atoms with E-state index in [4.69, 9.17) is 5.11 Å². The van der Waals surface area contributed by atoms with Gasteiger partial charge in [0.1, 0.15) is 6.10 Å². The van der Waals surface area contributed by atoms with E-state index in [-0.39, 0.29) is 6.42 Å². The number of hydrogen-bond acceptors (Lipinski definition) is 1. The number of alkyl halides is 3. The molecule has 0 heterocycles. The summed E-state index contributed by atoms with van der Waals surface area (Å²) < 4.78 is 35.0. The standard InChI is InChI=1S/C7H11F3O/c8-7(9,10)6(11)4-3-5-1-2-5/h5-6,11H,1-4H2/t6-/m0/s1. The lowest BCUT2D eigenvalue weighted by molar-refractivity contribution is -0.205. The average molecular weight is 168 g/mol. The number of aliphatic hydroxyl groups is 1. The summed E-state index contributed by atoms with van der Waals surface area (Å²) in [5.74, 6) is 0.451. The monoisotopic (exact) mass is 168 g/mol. The Labute approximate surface area is 63.2 Å². The molecule has 1 N–H and O–H groups in total. The third-order valence-corrected chi connectivity index (χ3v) is 1.92. The molecule has 66 valence electrons. The Morgan fingerprint density at radius 1 is 1.36 bits per heavy atom. The van der Waals surface area contributed by atoms with Gasteiger partial charge in [0.25, 0.3) is 0 Å². The first-order chi connectivity index (χ1) is 5.00. The predicted molar refractivity (Wildman–Crippen MR) is 34.0 cm³/mol. The highest BCUT2D eigenvalue weighted by Gasteiger charge is 2.38. The largest absolute Gasteiger partial charge is 0.414 e. The molecule has 0 aromatic carbocycles. The molecule has 0 aromatic heterocycles. The van der Waals surface area contributed by atoms with Crippen LogP contribution in [0.2, 0.25) is 0 Å². The van der Waals surface area contributed by atoms with Gasteiger partial charge in [0, 0.05) is 0 Å². The van der Waals surface area contributed by atoms with Crippen molar-refractivity contribution >= 4 is 0 Å². The second-order valence-electron chi connectivity index (χ2n) is 3.08. The van der Waals surface area contributed by atoms with E-state index in [0.717, 1.165) is 12.8 Å². The second kappa shape index (κ2) is 3.01. The number of halogens is 3. The fourth-order valence-corrected chi connectivity index (χ4v) is 0.964. The van der Waals surface area contributed by atoms with Gasteiger partial charge in [0.15, 0.2) is 0 Å². The Morgan fingerprint density at radius 3 is 2.27 bits per heavy atom. The molecule has 1 rings (SSSR count). The molecule has 1 atom stereocenters. The molecule has 0 bridgehead atoms. The van der Waals surface area contributed by atoms with Gasteiger partial charge in [-0.2, -0.15) is 13.2 Å². The summed E-state index contributed by atoms with van der Waals surface area (Å²) in [4.78, 5) is 0. The van der Waals surface area contributed by atoms with Gasteiger partial charge in [-0.25, -0.2) is 0 Å². The molecular formula is C7H11F3O. The molecule has 1 nitrogen and oxygen atoms in total. The van der Waals surface area contributed by atoms with E-state index in [0.29, 0.717) is 12.3 Å². The molecule has 1 aliphatic carbocycles. The summed E-state index contributed by atoms with van der Waals surface area (Å²) in [6.07, 6.45) is -4.08. The van der Waals surface area contributed by atoms with Gasteiger partial charge in [-0.3, -0.25) is 0 Å². The highest BCUT2D eigenvalue weighted by Crippen LogP contribution is 2.35. The minimum Gasteiger partial charge on any atom is -0.384 e. The molecule has 0 saturated heterocycles. The Bertz CT molecular complexity index is 128. The van der Waals surface area contributed by atoms with Gasteiger partial charge in [-0.15, -0.1) is 0 Å². The van der Waals surface area contributed by atoms with Gasteiger partial charge < -0.3 is 5.11 Å². The van der Waals surface area contributed by atoms with Crippen molar-refractivity contribution in [2.45, 2.75) is 38.0 Å². The maximum Gasteiger partial charge on any atom is 0.414 e. The molecule has 0 aromatic rings. The molecule has 4 heteroatoms. The van der Waals surface area contributed by atoms with Crippen molar-refractivity contribution in [3.63, 3.8) is 0 Å². The van der Waals surface area contributed by atoms with E-state index in [1.807, 2.05) is 0 Å². The second-order valence-corrected chi connectivity index (χ2v) is 3.08. The third kappa shape index (κ3) is 3.10. The minimum absolute atomic E-state index is 0.131. The van der Waals surface area contributed by atoms with E-state index >= 15 is 0 Å². The highest BCUT2D eigenvalue weighted by molar-refractivity contribution is 4.76. The zero-order valence-electron chi connectivity index (χ0n) is 6.06. The summed E-state index contributed by atoms with van der Waals surface area (Å²) in [5.41, 5.74) is 0. The van der Waals surface area contributed by atoms with Crippen molar-refractivity contribution in [1.29, 1.82) is 0 Å². The van der Waals surface area contributed by atoms with Crippen molar-refractivity contribution in [2.75, 3.05) is 0 Å². The van der Waals surface area contributed by atoms with Crippen molar-refractivity contribution in [1.82, 2.24) is 0 Å². The van der Waals surface area contributed by atoms with Gasteiger partial charge in [-0.1, -0.05) is 12.8 Å². The summed E-state index contributed by atoms with van der Waals surface area (Å²) in [6, 6.07) is 0. The molecule has 0 unspecified atom stereocenters. The summed E-state index contributed by atoms with van der Waals surface area (Å²) in [7, 11) is 0. The van der Waals surface area contributed by atoms with Crippen LogP contribution in [-0.2, 0) is 0 Å². The Hall–Kier alpha value is -0.250. The van der Waals surface area contributed by atoms with Gasteiger partial charge in [0.05, 0.1) is 0 Å². The first-order valence-corrected chi connectivity index (χ1v) is 3.75. The SMILES string of the molecule is O[C@@H](CCC1CC1)C(F)(F)F. The maximum atomic E-state index is 11.7. The lowest BCUT2D eigenvalue weighted by atomic mass is 10.1. The summed E-state index contributed by atoms with van der Waals surface area (Å²) in [6.45, 7) is 0. The lowest BCUT2D eigenvalue weighted by Crippen LogP contribution is -2.28.